The SMILES string of the molecule is CC(C)(C)CC(=O)Oc1nn(Cc2nc3cc(C(F)(F)F)ccc3s2)c(=O)c2cccnc12. The summed E-state index contributed by atoms with van der Waals surface area (Å²) in [6, 6.07) is 6.42. The van der Waals surface area contributed by atoms with Gasteiger partial charge >= 0.3 is 12.1 Å². The fraction of sp³-hybridized carbons (Fsp3) is 0.318. The first-order valence-electron chi connectivity index (χ1n) is 9.94. The number of alkyl halides is 3. The summed E-state index contributed by atoms with van der Waals surface area (Å²) in [5.41, 5.74) is -1.27. The Labute approximate surface area is 189 Å². The Balaban J connectivity index is 1.73. The number of esters is 1. The van der Waals surface area contributed by atoms with E-state index < -0.39 is 23.3 Å². The number of carbonyl (C=O) groups is 1. The van der Waals surface area contributed by atoms with E-state index >= 15 is 0 Å². The van der Waals surface area contributed by atoms with Crippen LogP contribution in [0.4, 0.5) is 13.2 Å². The van der Waals surface area contributed by atoms with Crippen molar-refractivity contribution >= 4 is 38.4 Å². The van der Waals surface area contributed by atoms with E-state index in [2.05, 4.69) is 15.1 Å². The Morgan fingerprint density at radius 2 is 1.94 bits per heavy atom. The fourth-order valence-electron chi connectivity index (χ4n) is 3.19. The molecule has 0 N–H and O–H groups in total. The first-order valence-corrected chi connectivity index (χ1v) is 10.8. The molecular weight excluding hydrogens is 457 g/mol. The van der Waals surface area contributed by atoms with Crippen LogP contribution in [0.25, 0.3) is 21.1 Å². The van der Waals surface area contributed by atoms with Gasteiger partial charge in [-0.2, -0.15) is 13.2 Å². The number of rotatable bonds is 4. The van der Waals surface area contributed by atoms with Crippen LogP contribution in [0.5, 0.6) is 5.88 Å². The molecule has 0 saturated heterocycles. The van der Waals surface area contributed by atoms with Gasteiger partial charge in [-0.1, -0.05) is 20.8 Å². The summed E-state index contributed by atoms with van der Waals surface area (Å²) in [5.74, 6) is -0.633. The van der Waals surface area contributed by atoms with Crippen molar-refractivity contribution in [1.82, 2.24) is 19.7 Å². The number of carbonyl (C=O) groups excluding carboxylic acids is 1. The van der Waals surface area contributed by atoms with Gasteiger partial charge in [0.25, 0.3) is 11.4 Å². The van der Waals surface area contributed by atoms with E-state index in [4.69, 9.17) is 4.74 Å². The summed E-state index contributed by atoms with van der Waals surface area (Å²) >= 11 is 1.15. The molecule has 11 heteroatoms. The molecule has 0 saturated carbocycles. The molecule has 172 valence electrons. The molecule has 0 bridgehead atoms. The van der Waals surface area contributed by atoms with Gasteiger partial charge in [0.05, 0.1) is 34.1 Å². The van der Waals surface area contributed by atoms with E-state index in [0.29, 0.717) is 9.71 Å². The van der Waals surface area contributed by atoms with Crippen molar-refractivity contribution in [3.8, 4) is 5.88 Å². The third-order valence-corrected chi connectivity index (χ3v) is 5.64. The van der Waals surface area contributed by atoms with Gasteiger partial charge in [-0.15, -0.1) is 16.4 Å². The molecule has 3 aromatic heterocycles. The number of pyridine rings is 1. The van der Waals surface area contributed by atoms with Crippen LogP contribution in [0, 0.1) is 5.41 Å². The summed E-state index contributed by atoms with van der Waals surface area (Å²) in [7, 11) is 0. The van der Waals surface area contributed by atoms with Crippen LogP contribution in [0.2, 0.25) is 0 Å². The lowest BCUT2D eigenvalue weighted by atomic mass is 9.92. The maximum atomic E-state index is 13.0. The van der Waals surface area contributed by atoms with Gasteiger partial charge in [0.2, 0.25) is 0 Å². The summed E-state index contributed by atoms with van der Waals surface area (Å²) in [5, 5.41) is 4.76. The zero-order valence-corrected chi connectivity index (χ0v) is 18.8. The number of hydrogen-bond acceptors (Lipinski definition) is 7. The molecule has 3 heterocycles. The predicted octanol–water partition coefficient (Wildman–Crippen LogP) is 4.81. The topological polar surface area (TPSA) is 87.0 Å². The number of aromatic nitrogens is 4. The molecule has 33 heavy (non-hydrogen) atoms. The Morgan fingerprint density at radius 3 is 2.64 bits per heavy atom. The van der Waals surface area contributed by atoms with Gasteiger partial charge in [0.15, 0.2) is 0 Å². The second kappa shape index (κ2) is 8.22. The van der Waals surface area contributed by atoms with Crippen LogP contribution < -0.4 is 10.3 Å². The van der Waals surface area contributed by atoms with E-state index in [1.807, 2.05) is 20.8 Å². The monoisotopic (exact) mass is 476 g/mol. The van der Waals surface area contributed by atoms with Crippen LogP contribution in [-0.4, -0.2) is 25.7 Å². The Bertz CT molecular complexity index is 1420. The molecule has 0 radical (unpaired) electrons. The van der Waals surface area contributed by atoms with Crippen molar-refractivity contribution in [2.75, 3.05) is 0 Å². The van der Waals surface area contributed by atoms with Crippen LogP contribution >= 0.6 is 11.3 Å². The van der Waals surface area contributed by atoms with Crippen molar-refractivity contribution in [3.05, 3.63) is 57.5 Å². The maximum absolute atomic E-state index is 13.0. The van der Waals surface area contributed by atoms with Crippen molar-refractivity contribution < 1.29 is 22.7 Å². The van der Waals surface area contributed by atoms with Gasteiger partial charge in [-0.3, -0.25) is 14.6 Å². The molecule has 0 aliphatic rings. The van der Waals surface area contributed by atoms with Gasteiger partial charge in [-0.05, 0) is 35.7 Å². The van der Waals surface area contributed by atoms with Gasteiger partial charge < -0.3 is 4.74 Å². The lowest BCUT2D eigenvalue weighted by Gasteiger charge is -2.16. The van der Waals surface area contributed by atoms with Crippen LogP contribution in [0.1, 0.15) is 37.8 Å². The highest BCUT2D eigenvalue weighted by Crippen LogP contribution is 2.33. The largest absolute Gasteiger partial charge is 0.416 e. The molecule has 0 atom stereocenters. The van der Waals surface area contributed by atoms with E-state index in [0.717, 1.165) is 28.2 Å². The predicted molar refractivity (Wildman–Crippen MR) is 117 cm³/mol. The second-order valence-corrected chi connectivity index (χ2v) is 9.78. The third-order valence-electron chi connectivity index (χ3n) is 4.62. The number of thiazole rings is 1. The highest BCUT2D eigenvalue weighted by Gasteiger charge is 2.31. The first kappa shape index (κ1) is 22.8. The van der Waals surface area contributed by atoms with Crippen LogP contribution in [0.3, 0.4) is 0 Å². The Hall–Kier alpha value is -3.34. The molecule has 0 aliphatic heterocycles. The number of fused-ring (bicyclic) bond motifs is 2. The van der Waals surface area contributed by atoms with E-state index in [1.165, 1.54) is 18.3 Å². The first-order chi connectivity index (χ1) is 15.4. The average Bonchev–Trinajstić information content (AvgIpc) is 3.11. The zero-order chi connectivity index (χ0) is 24.0. The maximum Gasteiger partial charge on any atom is 0.416 e. The summed E-state index contributed by atoms with van der Waals surface area (Å²) in [4.78, 5) is 33.7. The third kappa shape index (κ3) is 5.03. The fourth-order valence-corrected chi connectivity index (χ4v) is 4.12. The summed E-state index contributed by atoms with van der Waals surface area (Å²) < 4.78 is 46.0. The minimum atomic E-state index is -4.48. The lowest BCUT2D eigenvalue weighted by molar-refractivity contribution is -0.138. The number of hydrogen-bond donors (Lipinski definition) is 0. The number of halogens is 3. The smallest absolute Gasteiger partial charge is 0.403 e. The van der Waals surface area contributed by atoms with E-state index in [-0.39, 0.29) is 40.7 Å². The highest BCUT2D eigenvalue weighted by atomic mass is 32.1. The standard InChI is InChI=1S/C22H19F3N4O3S/c1-21(2,3)10-17(30)32-19-18-13(5-4-8-26-18)20(31)29(28-19)11-16-27-14-9-12(22(23,24)25)6-7-15(14)33-16/h4-9H,10-11H2,1-3H3. The Morgan fingerprint density at radius 1 is 1.18 bits per heavy atom. The van der Waals surface area contributed by atoms with Crippen molar-refractivity contribution in [1.29, 1.82) is 0 Å². The average molecular weight is 476 g/mol. The molecule has 0 unspecified atom stereocenters. The van der Waals surface area contributed by atoms with E-state index in [1.54, 1.807) is 6.07 Å². The molecule has 4 rings (SSSR count). The highest BCUT2D eigenvalue weighted by molar-refractivity contribution is 7.18. The van der Waals surface area contributed by atoms with Crippen LogP contribution in [0.15, 0.2) is 41.3 Å². The molecule has 0 spiro atoms. The number of ether oxygens (including phenoxy) is 1. The molecule has 1 aromatic carbocycles. The van der Waals surface area contributed by atoms with Crippen molar-refractivity contribution in [2.24, 2.45) is 5.41 Å². The molecule has 7 nitrogen and oxygen atoms in total. The number of nitrogens with zero attached hydrogens (tertiary/aromatic N) is 4. The van der Waals surface area contributed by atoms with Crippen LogP contribution in [-0.2, 0) is 17.5 Å². The van der Waals surface area contributed by atoms with Crippen molar-refractivity contribution in [3.63, 3.8) is 0 Å². The molecule has 4 aromatic rings. The summed E-state index contributed by atoms with van der Waals surface area (Å²) in [6.07, 6.45) is -2.89. The lowest BCUT2D eigenvalue weighted by Crippen LogP contribution is -2.26. The minimum Gasteiger partial charge on any atom is -0.403 e. The number of benzene rings is 1. The van der Waals surface area contributed by atoms with Gasteiger partial charge in [0.1, 0.15) is 10.5 Å². The van der Waals surface area contributed by atoms with Gasteiger partial charge in [-0.25, -0.2) is 9.67 Å². The minimum absolute atomic E-state index is 0.103. The second-order valence-electron chi connectivity index (χ2n) is 8.67. The summed E-state index contributed by atoms with van der Waals surface area (Å²) in [6.45, 7) is 5.55. The van der Waals surface area contributed by atoms with E-state index in [9.17, 15) is 22.8 Å². The zero-order valence-electron chi connectivity index (χ0n) is 17.9. The quantitative estimate of drug-likeness (QED) is 0.393. The molecule has 0 amide bonds. The molecular formula is C22H19F3N4O3S. The van der Waals surface area contributed by atoms with Crippen molar-refractivity contribution in [2.45, 2.75) is 39.9 Å². The molecule has 0 fully saturated rings. The van der Waals surface area contributed by atoms with Gasteiger partial charge in [0, 0.05) is 6.20 Å². The normalized spacial score (nSPS) is 12.4. The Kier molecular flexibility index (Phi) is 5.69. The molecule has 0 aliphatic carbocycles.